The summed E-state index contributed by atoms with van der Waals surface area (Å²) in [5.41, 5.74) is 0.712. The van der Waals surface area contributed by atoms with Gasteiger partial charge in [0.2, 0.25) is 17.7 Å². The summed E-state index contributed by atoms with van der Waals surface area (Å²) in [5, 5.41) is 16.4. The lowest BCUT2D eigenvalue weighted by molar-refractivity contribution is -0.143. The largest absolute Gasteiger partial charge is 0.373 e. The molecule has 40 heavy (non-hydrogen) atoms. The van der Waals surface area contributed by atoms with Gasteiger partial charge in [-0.15, -0.1) is 0 Å². The molecule has 1 saturated heterocycles. The summed E-state index contributed by atoms with van der Waals surface area (Å²) in [6.45, 7) is 8.05. The van der Waals surface area contributed by atoms with Gasteiger partial charge < -0.3 is 20.6 Å². The SMILES string of the molecule is CC(C)CC(C)CC(=O)CC(=O)N[C@@H](CC(=O)N[C@@H]1C(=O)[C@@H]2C(=O)N(C3CC3)C(O)[C@H]2CC1C)c1ccccc1. The van der Waals surface area contributed by atoms with Gasteiger partial charge in [-0.25, -0.2) is 0 Å². The summed E-state index contributed by atoms with van der Waals surface area (Å²) < 4.78 is 0. The molecule has 1 heterocycles. The van der Waals surface area contributed by atoms with E-state index in [2.05, 4.69) is 24.5 Å². The van der Waals surface area contributed by atoms with E-state index in [1.165, 1.54) is 4.90 Å². The quantitative estimate of drug-likeness (QED) is 0.341. The third-order valence-electron chi connectivity index (χ3n) is 8.43. The predicted molar refractivity (Wildman–Crippen MR) is 148 cm³/mol. The molecule has 1 aromatic rings. The summed E-state index contributed by atoms with van der Waals surface area (Å²) in [5.74, 6) is -2.70. The van der Waals surface area contributed by atoms with Gasteiger partial charge in [-0.2, -0.15) is 0 Å². The molecule has 2 aliphatic carbocycles. The molecule has 1 aliphatic heterocycles. The number of nitrogens with zero attached hydrogens (tertiary/aromatic N) is 1. The number of carbonyl (C=O) groups excluding carboxylic acids is 5. The van der Waals surface area contributed by atoms with Gasteiger partial charge in [-0.3, -0.25) is 24.0 Å². The lowest BCUT2D eigenvalue weighted by Crippen LogP contribution is -2.54. The fraction of sp³-hybridized carbons (Fsp3) is 0.645. The van der Waals surface area contributed by atoms with E-state index in [9.17, 15) is 29.1 Å². The predicted octanol–water partition coefficient (Wildman–Crippen LogP) is 2.91. The van der Waals surface area contributed by atoms with Crippen molar-refractivity contribution in [3.63, 3.8) is 0 Å². The molecule has 3 unspecified atom stereocenters. The smallest absolute Gasteiger partial charge is 0.235 e. The van der Waals surface area contributed by atoms with E-state index in [1.807, 2.05) is 19.9 Å². The number of aliphatic hydroxyl groups is 1. The third kappa shape index (κ3) is 6.97. The highest BCUT2D eigenvalue weighted by Crippen LogP contribution is 2.45. The Morgan fingerprint density at radius 3 is 2.33 bits per heavy atom. The zero-order valence-electron chi connectivity index (χ0n) is 24.0. The van der Waals surface area contributed by atoms with E-state index in [0.717, 1.165) is 19.3 Å². The van der Waals surface area contributed by atoms with Gasteiger partial charge in [-0.1, -0.05) is 58.0 Å². The molecule has 2 saturated carbocycles. The summed E-state index contributed by atoms with van der Waals surface area (Å²) in [6, 6.07) is 7.52. The van der Waals surface area contributed by atoms with E-state index >= 15 is 0 Å². The summed E-state index contributed by atoms with van der Waals surface area (Å²) in [6.07, 6.45) is 2.03. The molecule has 0 spiro atoms. The monoisotopic (exact) mass is 553 g/mol. The molecule has 0 bridgehead atoms. The van der Waals surface area contributed by atoms with Crippen molar-refractivity contribution in [1.29, 1.82) is 0 Å². The molecule has 0 aromatic heterocycles. The minimum atomic E-state index is -0.957. The van der Waals surface area contributed by atoms with Crippen molar-refractivity contribution in [2.75, 3.05) is 0 Å². The lowest BCUT2D eigenvalue weighted by atomic mass is 9.72. The summed E-state index contributed by atoms with van der Waals surface area (Å²) >= 11 is 0. The second-order valence-corrected chi connectivity index (χ2v) is 12.6. The average molecular weight is 554 g/mol. The minimum absolute atomic E-state index is 0.00443. The summed E-state index contributed by atoms with van der Waals surface area (Å²) in [4.78, 5) is 66.5. The van der Waals surface area contributed by atoms with Crippen molar-refractivity contribution in [3.8, 4) is 0 Å². The number of hydrogen-bond donors (Lipinski definition) is 3. The number of rotatable bonds is 12. The molecule has 0 radical (unpaired) electrons. The molecule has 218 valence electrons. The van der Waals surface area contributed by atoms with Crippen LogP contribution in [0, 0.1) is 29.6 Å². The van der Waals surface area contributed by atoms with Gasteiger partial charge in [-0.05, 0) is 49.0 Å². The Morgan fingerprint density at radius 1 is 1.02 bits per heavy atom. The number of hydrogen-bond acceptors (Lipinski definition) is 6. The number of fused-ring (bicyclic) bond motifs is 1. The molecule has 1 aromatic carbocycles. The zero-order chi connectivity index (χ0) is 29.1. The second kappa shape index (κ2) is 12.6. The highest BCUT2D eigenvalue weighted by molar-refractivity contribution is 6.07. The first-order valence-electron chi connectivity index (χ1n) is 14.7. The topological polar surface area (TPSA) is 133 Å². The van der Waals surface area contributed by atoms with E-state index in [-0.39, 0.29) is 48.2 Å². The van der Waals surface area contributed by atoms with Gasteiger partial charge in [0.15, 0.2) is 5.78 Å². The van der Waals surface area contributed by atoms with Crippen molar-refractivity contribution >= 4 is 29.3 Å². The highest BCUT2D eigenvalue weighted by Gasteiger charge is 2.59. The number of Topliss-reactive ketones (excluding diaryl/α,β-unsaturated/α-hetero) is 2. The van der Waals surface area contributed by atoms with Crippen LogP contribution in [0.1, 0.15) is 84.2 Å². The van der Waals surface area contributed by atoms with Crippen LogP contribution >= 0.6 is 0 Å². The van der Waals surface area contributed by atoms with Crippen LogP contribution in [0.3, 0.4) is 0 Å². The molecule has 3 N–H and O–H groups in total. The van der Waals surface area contributed by atoms with Crippen LogP contribution in [0.4, 0.5) is 0 Å². The molecule has 9 heteroatoms. The number of nitrogens with one attached hydrogen (secondary N) is 2. The first-order chi connectivity index (χ1) is 19.0. The van der Waals surface area contributed by atoms with Crippen LogP contribution < -0.4 is 10.6 Å². The third-order valence-corrected chi connectivity index (χ3v) is 8.43. The number of benzene rings is 1. The van der Waals surface area contributed by atoms with Gasteiger partial charge in [0.25, 0.3) is 0 Å². The van der Waals surface area contributed by atoms with Crippen LogP contribution in [0.5, 0.6) is 0 Å². The Balaban J connectivity index is 1.39. The number of amides is 3. The standard InChI is InChI=1S/C31H43N3O6/c1-17(2)12-18(3)13-22(35)15-25(36)32-24(20-8-6-5-7-9-20)16-26(37)33-28-19(4)14-23-27(29(28)38)31(40)34(30(23)39)21-10-11-21/h5-9,17-19,21,23-24,27-28,30,39H,10-16H2,1-4H3,(H,32,36)(H,33,37)/t18?,19?,23-,24-,27+,28-,30?/m0/s1. The Labute approximate surface area is 236 Å². The molecular formula is C31H43N3O6. The van der Waals surface area contributed by atoms with Crippen LogP contribution in [-0.2, 0) is 24.0 Å². The van der Waals surface area contributed by atoms with Crippen molar-refractivity contribution in [3.05, 3.63) is 35.9 Å². The number of carbonyl (C=O) groups is 5. The average Bonchev–Trinajstić information content (AvgIpc) is 3.67. The molecule has 3 fully saturated rings. The van der Waals surface area contributed by atoms with Crippen LogP contribution in [0.15, 0.2) is 30.3 Å². The maximum absolute atomic E-state index is 13.4. The first-order valence-corrected chi connectivity index (χ1v) is 14.7. The first kappa shape index (κ1) is 29.9. The Kier molecular flexibility index (Phi) is 9.44. The molecule has 4 rings (SSSR count). The van der Waals surface area contributed by atoms with Gasteiger partial charge >= 0.3 is 0 Å². The van der Waals surface area contributed by atoms with E-state index < -0.39 is 42.0 Å². The summed E-state index contributed by atoms with van der Waals surface area (Å²) in [7, 11) is 0. The van der Waals surface area contributed by atoms with Crippen LogP contribution in [0.2, 0.25) is 0 Å². The number of likely N-dealkylation sites (tertiary alicyclic amines) is 1. The Morgan fingerprint density at radius 2 is 1.70 bits per heavy atom. The van der Waals surface area contributed by atoms with Gasteiger partial charge in [0.05, 0.1) is 24.9 Å². The molecule has 7 atom stereocenters. The normalized spacial score (nSPS) is 27.8. The maximum atomic E-state index is 13.4. The molecular weight excluding hydrogens is 510 g/mol. The van der Waals surface area contributed by atoms with E-state index in [4.69, 9.17) is 0 Å². The molecule has 3 amide bonds. The zero-order valence-corrected chi connectivity index (χ0v) is 24.0. The lowest BCUT2D eigenvalue weighted by Gasteiger charge is -2.35. The van der Waals surface area contributed by atoms with Crippen molar-refractivity contribution in [2.24, 2.45) is 29.6 Å². The van der Waals surface area contributed by atoms with Crippen LogP contribution in [0.25, 0.3) is 0 Å². The maximum Gasteiger partial charge on any atom is 0.235 e. The van der Waals surface area contributed by atoms with Crippen molar-refractivity contribution in [1.82, 2.24) is 15.5 Å². The van der Waals surface area contributed by atoms with E-state index in [1.54, 1.807) is 24.3 Å². The Hall–Kier alpha value is -3.07. The van der Waals surface area contributed by atoms with E-state index in [0.29, 0.717) is 24.3 Å². The number of ketones is 2. The number of aliphatic hydroxyl groups excluding tert-OH is 1. The fourth-order valence-electron chi connectivity index (χ4n) is 6.57. The molecule has 3 aliphatic rings. The fourth-order valence-corrected chi connectivity index (χ4v) is 6.57. The van der Waals surface area contributed by atoms with Gasteiger partial charge in [0, 0.05) is 18.4 Å². The molecule has 9 nitrogen and oxygen atoms in total. The minimum Gasteiger partial charge on any atom is -0.373 e. The van der Waals surface area contributed by atoms with Crippen molar-refractivity contribution < 1.29 is 29.1 Å². The Bertz CT molecular complexity index is 1120. The van der Waals surface area contributed by atoms with Crippen molar-refractivity contribution in [2.45, 2.75) is 97.0 Å². The van der Waals surface area contributed by atoms with Gasteiger partial charge in [0.1, 0.15) is 17.9 Å². The second-order valence-electron chi connectivity index (χ2n) is 12.6. The van der Waals surface area contributed by atoms with Crippen LogP contribution in [-0.4, -0.2) is 57.6 Å². The highest BCUT2D eigenvalue weighted by atomic mass is 16.3.